The SMILES string of the molecule is COc1ccc(CCN2C(=O)C(=Cc3ccc(OC(=O)C=Cc4ccccc4)cc3)SC2=S)cc1OC. The van der Waals surface area contributed by atoms with Crippen LogP contribution in [0.5, 0.6) is 17.2 Å². The standard InChI is InChI=1S/C29H25NO5S2/c1-33-24-14-10-22(18-25(24)34-2)16-17-30-28(32)26(37-29(30)36)19-21-8-12-23(13-9-21)35-27(31)15-11-20-6-4-3-5-7-20/h3-15,18-19H,16-17H2,1-2H3. The number of thiocarbonyl (C=S) groups is 1. The van der Waals surface area contributed by atoms with Gasteiger partial charge >= 0.3 is 5.97 Å². The zero-order valence-electron chi connectivity index (χ0n) is 20.4. The van der Waals surface area contributed by atoms with Gasteiger partial charge in [-0.3, -0.25) is 9.69 Å². The summed E-state index contributed by atoms with van der Waals surface area (Å²) in [5, 5.41) is 0. The van der Waals surface area contributed by atoms with E-state index in [0.717, 1.165) is 16.7 Å². The van der Waals surface area contributed by atoms with Crippen LogP contribution < -0.4 is 14.2 Å². The van der Waals surface area contributed by atoms with Crippen molar-refractivity contribution in [2.75, 3.05) is 20.8 Å². The Morgan fingerprint density at radius 1 is 0.946 bits per heavy atom. The van der Waals surface area contributed by atoms with Crippen molar-refractivity contribution < 1.29 is 23.8 Å². The second kappa shape index (κ2) is 12.4. The van der Waals surface area contributed by atoms with E-state index < -0.39 is 5.97 Å². The van der Waals surface area contributed by atoms with E-state index in [4.69, 9.17) is 26.4 Å². The number of benzene rings is 3. The Kier molecular flexibility index (Phi) is 8.77. The first-order chi connectivity index (χ1) is 18.0. The molecule has 0 atom stereocenters. The van der Waals surface area contributed by atoms with Gasteiger partial charge in [0.2, 0.25) is 0 Å². The van der Waals surface area contributed by atoms with Gasteiger partial charge in [0.15, 0.2) is 11.5 Å². The normalized spacial score (nSPS) is 14.4. The van der Waals surface area contributed by atoms with Crippen LogP contribution in [0.2, 0.25) is 0 Å². The van der Waals surface area contributed by atoms with Crippen LogP contribution in [0.3, 0.4) is 0 Å². The van der Waals surface area contributed by atoms with Crippen LogP contribution in [0.25, 0.3) is 12.2 Å². The van der Waals surface area contributed by atoms with E-state index in [0.29, 0.717) is 39.4 Å². The molecule has 3 aromatic carbocycles. The number of amides is 1. The molecule has 0 radical (unpaired) electrons. The number of ether oxygens (including phenoxy) is 3. The highest BCUT2D eigenvalue weighted by atomic mass is 32.2. The largest absolute Gasteiger partial charge is 0.493 e. The summed E-state index contributed by atoms with van der Waals surface area (Å²) in [7, 11) is 3.18. The molecule has 1 aliphatic rings. The van der Waals surface area contributed by atoms with Crippen LogP contribution >= 0.6 is 24.0 Å². The zero-order valence-corrected chi connectivity index (χ0v) is 22.0. The molecule has 4 rings (SSSR count). The Hall–Kier alpha value is -3.88. The minimum Gasteiger partial charge on any atom is -0.493 e. The van der Waals surface area contributed by atoms with Crippen LogP contribution in [0.1, 0.15) is 16.7 Å². The molecule has 0 N–H and O–H groups in total. The Labute approximate surface area is 225 Å². The highest BCUT2D eigenvalue weighted by Crippen LogP contribution is 2.33. The van der Waals surface area contributed by atoms with Crippen molar-refractivity contribution in [3.8, 4) is 17.2 Å². The second-order valence-electron chi connectivity index (χ2n) is 8.01. The monoisotopic (exact) mass is 531 g/mol. The third kappa shape index (κ3) is 6.87. The lowest BCUT2D eigenvalue weighted by atomic mass is 10.1. The van der Waals surface area contributed by atoms with Crippen LogP contribution in [-0.2, 0) is 16.0 Å². The number of carbonyl (C=O) groups excluding carboxylic acids is 2. The second-order valence-corrected chi connectivity index (χ2v) is 9.68. The maximum atomic E-state index is 13.0. The third-order valence-corrected chi connectivity index (χ3v) is 6.93. The summed E-state index contributed by atoms with van der Waals surface area (Å²) in [4.78, 5) is 27.2. The van der Waals surface area contributed by atoms with Crippen molar-refractivity contribution in [1.82, 2.24) is 4.90 Å². The quantitative estimate of drug-likeness (QED) is 0.150. The van der Waals surface area contributed by atoms with Crippen LogP contribution in [-0.4, -0.2) is 41.9 Å². The summed E-state index contributed by atoms with van der Waals surface area (Å²) in [6, 6.07) is 22.2. The van der Waals surface area contributed by atoms with Gasteiger partial charge in [-0.25, -0.2) is 4.79 Å². The number of carbonyl (C=O) groups is 2. The van der Waals surface area contributed by atoms with Gasteiger partial charge in [-0.2, -0.15) is 0 Å². The molecule has 6 nitrogen and oxygen atoms in total. The van der Waals surface area contributed by atoms with E-state index >= 15 is 0 Å². The van der Waals surface area contributed by atoms with Gasteiger partial charge in [-0.05, 0) is 59.5 Å². The van der Waals surface area contributed by atoms with Gasteiger partial charge in [0.05, 0.1) is 19.1 Å². The molecule has 3 aromatic rings. The average Bonchev–Trinajstić information content (AvgIpc) is 3.19. The molecule has 1 heterocycles. The summed E-state index contributed by atoms with van der Waals surface area (Å²) in [6.07, 6.45) is 5.50. The number of esters is 1. The smallest absolute Gasteiger partial charge is 0.336 e. The third-order valence-electron chi connectivity index (χ3n) is 5.55. The molecule has 1 aliphatic heterocycles. The van der Waals surface area contributed by atoms with Gasteiger partial charge in [0.25, 0.3) is 5.91 Å². The maximum Gasteiger partial charge on any atom is 0.336 e. The molecular formula is C29H25NO5S2. The number of hydrogen-bond acceptors (Lipinski definition) is 7. The minimum absolute atomic E-state index is 0.128. The van der Waals surface area contributed by atoms with E-state index in [9.17, 15) is 9.59 Å². The molecule has 0 unspecified atom stereocenters. The van der Waals surface area contributed by atoms with E-state index in [2.05, 4.69) is 0 Å². The lowest BCUT2D eigenvalue weighted by molar-refractivity contribution is -0.129. The Balaban J connectivity index is 1.35. The van der Waals surface area contributed by atoms with E-state index in [1.165, 1.54) is 17.8 Å². The number of nitrogens with zero attached hydrogens (tertiary/aromatic N) is 1. The first-order valence-corrected chi connectivity index (χ1v) is 12.7. The fourth-order valence-corrected chi connectivity index (χ4v) is 4.94. The minimum atomic E-state index is -0.466. The maximum absolute atomic E-state index is 13.0. The average molecular weight is 532 g/mol. The van der Waals surface area contributed by atoms with Crippen LogP contribution in [0.15, 0.2) is 83.8 Å². The van der Waals surface area contributed by atoms with Crippen molar-refractivity contribution in [2.45, 2.75) is 6.42 Å². The predicted octanol–water partition coefficient (Wildman–Crippen LogP) is 5.77. The van der Waals surface area contributed by atoms with Crippen molar-refractivity contribution in [3.63, 3.8) is 0 Å². The van der Waals surface area contributed by atoms with E-state index in [-0.39, 0.29) is 5.91 Å². The predicted molar refractivity (Wildman–Crippen MR) is 151 cm³/mol. The molecule has 0 aromatic heterocycles. The molecule has 37 heavy (non-hydrogen) atoms. The summed E-state index contributed by atoms with van der Waals surface area (Å²) in [5.74, 6) is 1.13. The molecule has 0 saturated carbocycles. The first-order valence-electron chi connectivity index (χ1n) is 11.5. The molecule has 1 fully saturated rings. The Morgan fingerprint density at radius 3 is 2.38 bits per heavy atom. The summed E-state index contributed by atoms with van der Waals surface area (Å²) >= 11 is 6.74. The highest BCUT2D eigenvalue weighted by Gasteiger charge is 2.31. The number of hydrogen-bond donors (Lipinski definition) is 0. The van der Waals surface area contributed by atoms with E-state index in [1.54, 1.807) is 55.5 Å². The summed E-state index contributed by atoms with van der Waals surface area (Å²) < 4.78 is 16.5. The molecule has 0 spiro atoms. The van der Waals surface area contributed by atoms with Crippen molar-refractivity contribution >= 4 is 52.3 Å². The highest BCUT2D eigenvalue weighted by molar-refractivity contribution is 8.26. The first kappa shape index (κ1) is 26.2. The van der Waals surface area contributed by atoms with Gasteiger partial charge in [-0.15, -0.1) is 0 Å². The van der Waals surface area contributed by atoms with Gasteiger partial charge in [0, 0.05) is 12.6 Å². The topological polar surface area (TPSA) is 65.1 Å². The molecular weight excluding hydrogens is 506 g/mol. The van der Waals surface area contributed by atoms with Crippen LogP contribution in [0.4, 0.5) is 0 Å². The van der Waals surface area contributed by atoms with E-state index in [1.807, 2.05) is 48.5 Å². The fourth-order valence-electron chi connectivity index (χ4n) is 3.63. The number of rotatable bonds is 9. The van der Waals surface area contributed by atoms with Gasteiger partial charge in [-0.1, -0.05) is 72.5 Å². The van der Waals surface area contributed by atoms with Crippen molar-refractivity contribution in [1.29, 1.82) is 0 Å². The number of thioether (sulfide) groups is 1. The van der Waals surface area contributed by atoms with Crippen LogP contribution in [0, 0.1) is 0 Å². The zero-order chi connectivity index (χ0) is 26.2. The van der Waals surface area contributed by atoms with Gasteiger partial charge in [0.1, 0.15) is 10.1 Å². The summed E-state index contributed by atoms with van der Waals surface area (Å²) in [6.45, 7) is 0.461. The van der Waals surface area contributed by atoms with Crippen molar-refractivity contribution in [2.24, 2.45) is 0 Å². The summed E-state index contributed by atoms with van der Waals surface area (Å²) in [5.41, 5.74) is 2.73. The molecule has 8 heteroatoms. The molecule has 0 aliphatic carbocycles. The molecule has 188 valence electrons. The molecule has 0 bridgehead atoms. The lowest BCUT2D eigenvalue weighted by Crippen LogP contribution is -2.30. The fraction of sp³-hybridized carbons (Fsp3) is 0.138. The van der Waals surface area contributed by atoms with Crippen molar-refractivity contribution in [3.05, 3.63) is 100 Å². The lowest BCUT2D eigenvalue weighted by Gasteiger charge is -2.15. The number of methoxy groups -OCH3 is 2. The van der Waals surface area contributed by atoms with Gasteiger partial charge < -0.3 is 14.2 Å². The molecule has 1 saturated heterocycles. The Bertz CT molecular complexity index is 1350. The Morgan fingerprint density at radius 2 is 1.68 bits per heavy atom. The molecule has 1 amide bonds.